The monoisotopic (exact) mass is 357 g/mol. The molecule has 1 aliphatic heterocycles. The lowest BCUT2D eigenvalue weighted by Crippen LogP contribution is -2.31. The van der Waals surface area contributed by atoms with Crippen molar-refractivity contribution in [3.8, 4) is 0 Å². The first kappa shape index (κ1) is 17.4. The van der Waals surface area contributed by atoms with Crippen molar-refractivity contribution in [2.75, 3.05) is 6.54 Å². The molecule has 4 rings (SSSR count). The van der Waals surface area contributed by atoms with E-state index in [0.717, 1.165) is 37.2 Å². The zero-order chi connectivity index (χ0) is 18.6. The Morgan fingerprint density at radius 1 is 1.07 bits per heavy atom. The van der Waals surface area contributed by atoms with Crippen LogP contribution in [0.4, 0.5) is 0 Å². The molecular weight excluding hydrogens is 334 g/mol. The Kier molecular flexibility index (Phi) is 4.97. The molecule has 0 radical (unpaired) electrons. The Bertz CT molecular complexity index is 922. The lowest BCUT2D eigenvalue weighted by atomic mass is 10.1. The summed E-state index contributed by atoms with van der Waals surface area (Å²) in [4.78, 5) is 23.8. The van der Waals surface area contributed by atoms with Crippen LogP contribution < -0.4 is 0 Å². The second-order valence-corrected chi connectivity index (χ2v) is 7.11. The van der Waals surface area contributed by atoms with Crippen molar-refractivity contribution in [1.82, 2.24) is 14.9 Å². The molecule has 1 aromatic carbocycles. The summed E-state index contributed by atoms with van der Waals surface area (Å²) in [5.74, 6) is 0.0608. The summed E-state index contributed by atoms with van der Waals surface area (Å²) in [7, 11) is 0. The van der Waals surface area contributed by atoms with Crippen molar-refractivity contribution < 1.29 is 4.79 Å². The quantitative estimate of drug-likeness (QED) is 0.697. The van der Waals surface area contributed by atoms with Crippen LogP contribution in [0, 0.1) is 6.92 Å². The van der Waals surface area contributed by atoms with Crippen molar-refractivity contribution in [1.29, 1.82) is 0 Å². The highest BCUT2D eigenvalue weighted by molar-refractivity contribution is 5.94. The van der Waals surface area contributed by atoms with Gasteiger partial charge in [0.15, 0.2) is 0 Å². The minimum absolute atomic E-state index is 0.0450. The van der Waals surface area contributed by atoms with Gasteiger partial charge in [0.2, 0.25) is 0 Å². The van der Waals surface area contributed by atoms with Crippen LogP contribution in [0.3, 0.4) is 0 Å². The van der Waals surface area contributed by atoms with Gasteiger partial charge in [-0.25, -0.2) is 0 Å². The van der Waals surface area contributed by atoms with Gasteiger partial charge in [0, 0.05) is 36.6 Å². The van der Waals surface area contributed by atoms with Gasteiger partial charge >= 0.3 is 0 Å². The van der Waals surface area contributed by atoms with E-state index in [4.69, 9.17) is 4.98 Å². The third-order valence-electron chi connectivity index (χ3n) is 5.12. The van der Waals surface area contributed by atoms with Crippen LogP contribution in [0.2, 0.25) is 0 Å². The zero-order valence-electron chi connectivity index (χ0n) is 15.5. The average Bonchev–Trinajstić information content (AvgIpc) is 3.20. The number of rotatable bonds is 4. The Morgan fingerprint density at radius 3 is 2.63 bits per heavy atom. The molecule has 0 saturated carbocycles. The molecule has 27 heavy (non-hydrogen) atoms. The number of amides is 1. The number of aromatic nitrogens is 2. The molecule has 0 unspecified atom stereocenters. The maximum atomic E-state index is 12.9. The van der Waals surface area contributed by atoms with Crippen molar-refractivity contribution in [2.24, 2.45) is 0 Å². The van der Waals surface area contributed by atoms with E-state index in [-0.39, 0.29) is 11.9 Å². The first-order valence-electron chi connectivity index (χ1n) is 9.43. The number of carbonyl (C=O) groups is 1. The maximum Gasteiger partial charge on any atom is 0.254 e. The molecule has 3 heterocycles. The lowest BCUT2D eigenvalue weighted by Gasteiger charge is -2.24. The average molecular weight is 357 g/mol. The summed E-state index contributed by atoms with van der Waals surface area (Å²) in [5, 5.41) is 0. The minimum atomic E-state index is 0.0450. The molecule has 4 heteroatoms. The number of pyridine rings is 2. The Balaban J connectivity index is 1.55. The summed E-state index contributed by atoms with van der Waals surface area (Å²) >= 11 is 0. The number of hydrogen-bond donors (Lipinski definition) is 0. The Labute approximate surface area is 159 Å². The molecule has 0 N–H and O–H groups in total. The molecule has 0 bridgehead atoms. The second kappa shape index (κ2) is 7.70. The number of hydrogen-bond acceptors (Lipinski definition) is 3. The van der Waals surface area contributed by atoms with Gasteiger partial charge in [-0.15, -0.1) is 0 Å². The van der Waals surface area contributed by atoms with E-state index in [1.807, 2.05) is 11.0 Å². The van der Waals surface area contributed by atoms with Gasteiger partial charge in [0.1, 0.15) is 0 Å². The molecule has 1 aliphatic rings. The molecule has 1 fully saturated rings. The third kappa shape index (κ3) is 3.90. The summed E-state index contributed by atoms with van der Waals surface area (Å²) < 4.78 is 0. The summed E-state index contributed by atoms with van der Waals surface area (Å²) in [6, 6.07) is 18.3. The molecule has 1 saturated heterocycles. The van der Waals surface area contributed by atoms with Gasteiger partial charge in [-0.05, 0) is 49.6 Å². The van der Waals surface area contributed by atoms with E-state index >= 15 is 0 Å². The largest absolute Gasteiger partial charge is 0.330 e. The molecule has 1 amide bonds. The number of likely N-dealkylation sites (tertiary alicyclic amines) is 1. The lowest BCUT2D eigenvalue weighted by molar-refractivity contribution is 0.0732. The van der Waals surface area contributed by atoms with Gasteiger partial charge in [-0.1, -0.05) is 35.9 Å². The number of nitrogens with zero attached hydrogens (tertiary/aromatic N) is 3. The van der Waals surface area contributed by atoms with Crippen LogP contribution in [0.15, 0.2) is 67.0 Å². The van der Waals surface area contributed by atoms with Gasteiger partial charge in [0.25, 0.3) is 5.91 Å². The molecule has 3 aromatic rings. The SMILES string of the molecule is Cc1ccc(Cc2cccc([C@H]3CCCN3C(=O)c3ccncc3)n2)cc1. The van der Waals surface area contributed by atoms with Crippen LogP contribution in [0.5, 0.6) is 0 Å². The van der Waals surface area contributed by atoms with E-state index in [9.17, 15) is 4.79 Å². The molecular formula is C23H23N3O. The highest BCUT2D eigenvalue weighted by Crippen LogP contribution is 2.32. The van der Waals surface area contributed by atoms with E-state index in [1.54, 1.807) is 24.5 Å². The molecule has 0 spiro atoms. The number of benzene rings is 1. The van der Waals surface area contributed by atoms with E-state index in [1.165, 1.54) is 11.1 Å². The van der Waals surface area contributed by atoms with E-state index in [0.29, 0.717) is 5.56 Å². The summed E-state index contributed by atoms with van der Waals surface area (Å²) in [6.07, 6.45) is 6.10. The van der Waals surface area contributed by atoms with E-state index in [2.05, 4.69) is 48.3 Å². The van der Waals surface area contributed by atoms with Crippen LogP contribution in [0.25, 0.3) is 0 Å². The molecule has 4 nitrogen and oxygen atoms in total. The Hall–Kier alpha value is -3.01. The fraction of sp³-hybridized carbons (Fsp3) is 0.261. The standard InChI is InChI=1S/C23H23N3O/c1-17-7-9-18(10-8-17)16-20-4-2-5-21(25-20)22-6-3-15-26(22)23(27)19-11-13-24-14-12-19/h2,4-5,7-14,22H,3,6,15-16H2,1H3/t22-/m1/s1. The van der Waals surface area contributed by atoms with Crippen molar-refractivity contribution in [2.45, 2.75) is 32.2 Å². The molecule has 136 valence electrons. The van der Waals surface area contributed by atoms with Crippen LogP contribution in [0.1, 0.15) is 51.8 Å². The summed E-state index contributed by atoms with van der Waals surface area (Å²) in [6.45, 7) is 2.87. The Morgan fingerprint density at radius 2 is 1.85 bits per heavy atom. The van der Waals surface area contributed by atoms with Crippen LogP contribution in [-0.4, -0.2) is 27.3 Å². The van der Waals surface area contributed by atoms with Crippen molar-refractivity contribution in [3.63, 3.8) is 0 Å². The highest BCUT2D eigenvalue weighted by Gasteiger charge is 2.31. The van der Waals surface area contributed by atoms with Crippen molar-refractivity contribution in [3.05, 3.63) is 95.1 Å². The normalized spacial score (nSPS) is 16.5. The van der Waals surface area contributed by atoms with Crippen LogP contribution in [-0.2, 0) is 6.42 Å². The minimum Gasteiger partial charge on any atom is -0.330 e. The van der Waals surface area contributed by atoms with Gasteiger partial charge in [-0.2, -0.15) is 0 Å². The smallest absolute Gasteiger partial charge is 0.254 e. The maximum absolute atomic E-state index is 12.9. The molecule has 0 aliphatic carbocycles. The number of aryl methyl sites for hydroxylation is 1. The predicted octanol–water partition coefficient (Wildman–Crippen LogP) is 4.35. The molecule has 2 aromatic heterocycles. The van der Waals surface area contributed by atoms with Crippen molar-refractivity contribution >= 4 is 5.91 Å². The third-order valence-corrected chi connectivity index (χ3v) is 5.12. The van der Waals surface area contributed by atoms with Gasteiger partial charge in [-0.3, -0.25) is 14.8 Å². The zero-order valence-corrected chi connectivity index (χ0v) is 15.5. The fourth-order valence-corrected chi connectivity index (χ4v) is 3.67. The predicted molar refractivity (Wildman–Crippen MR) is 105 cm³/mol. The second-order valence-electron chi connectivity index (χ2n) is 7.11. The highest BCUT2D eigenvalue weighted by atomic mass is 16.2. The molecule has 1 atom stereocenters. The summed E-state index contributed by atoms with van der Waals surface area (Å²) in [5.41, 5.74) is 5.23. The first-order valence-corrected chi connectivity index (χ1v) is 9.43. The fourth-order valence-electron chi connectivity index (χ4n) is 3.67. The van der Waals surface area contributed by atoms with Gasteiger partial charge in [0.05, 0.1) is 11.7 Å². The van der Waals surface area contributed by atoms with Crippen LogP contribution >= 0.6 is 0 Å². The van der Waals surface area contributed by atoms with Gasteiger partial charge < -0.3 is 4.90 Å². The number of carbonyl (C=O) groups excluding carboxylic acids is 1. The van der Waals surface area contributed by atoms with E-state index < -0.39 is 0 Å². The topological polar surface area (TPSA) is 46.1 Å². The first-order chi connectivity index (χ1) is 13.2.